The van der Waals surface area contributed by atoms with E-state index in [0.29, 0.717) is 17.8 Å². The molecule has 0 aromatic rings. The molecule has 0 spiro atoms. The lowest BCUT2D eigenvalue weighted by atomic mass is 9.76. The average Bonchev–Trinajstić information content (AvgIpc) is 2.53. The van der Waals surface area contributed by atoms with E-state index in [0.717, 1.165) is 6.42 Å². The molecule has 3 atom stereocenters. The van der Waals surface area contributed by atoms with Crippen molar-refractivity contribution in [3.05, 3.63) is 0 Å². The van der Waals surface area contributed by atoms with E-state index in [-0.39, 0.29) is 17.5 Å². The quantitative estimate of drug-likeness (QED) is 0.603. The van der Waals surface area contributed by atoms with Crippen molar-refractivity contribution in [1.29, 1.82) is 0 Å². The van der Waals surface area contributed by atoms with Gasteiger partial charge in [0.15, 0.2) is 0 Å². The van der Waals surface area contributed by atoms with Gasteiger partial charge in [0, 0.05) is 11.3 Å². The van der Waals surface area contributed by atoms with Crippen LogP contribution < -0.4 is 0 Å². The van der Waals surface area contributed by atoms with Crippen molar-refractivity contribution in [2.75, 3.05) is 0 Å². The maximum absolute atomic E-state index is 11.3. The van der Waals surface area contributed by atoms with E-state index in [1.807, 2.05) is 0 Å². The fraction of sp³-hybridized carbons (Fsp3) is 0.917. The first-order valence-electron chi connectivity index (χ1n) is 5.58. The van der Waals surface area contributed by atoms with Crippen molar-refractivity contribution in [1.82, 2.24) is 0 Å². The van der Waals surface area contributed by atoms with E-state index in [2.05, 4.69) is 27.7 Å². The molecule has 1 aliphatic heterocycles. The molecule has 0 N–H and O–H groups in total. The number of ether oxygens (including phenoxy) is 1. The summed E-state index contributed by atoms with van der Waals surface area (Å²) in [5.41, 5.74) is 0.474. The summed E-state index contributed by atoms with van der Waals surface area (Å²) in [5.74, 6) is 0.461. The molecule has 1 heterocycles. The lowest BCUT2D eigenvalue weighted by Crippen LogP contribution is -2.27. The summed E-state index contributed by atoms with van der Waals surface area (Å²) in [6.07, 6.45) is 3.13. The molecule has 80 valence electrons. The Hall–Kier alpha value is -0.530. The average molecular weight is 196 g/mol. The van der Waals surface area contributed by atoms with Gasteiger partial charge in [-0.3, -0.25) is 4.79 Å². The zero-order valence-electron chi connectivity index (χ0n) is 9.59. The second-order valence-corrected chi connectivity index (χ2v) is 5.89. The van der Waals surface area contributed by atoms with Crippen LogP contribution in [0.3, 0.4) is 0 Å². The molecule has 2 nitrogen and oxygen atoms in total. The van der Waals surface area contributed by atoms with Gasteiger partial charge < -0.3 is 4.74 Å². The third kappa shape index (κ3) is 1.19. The minimum Gasteiger partial charge on any atom is -0.461 e. The third-order valence-corrected chi connectivity index (χ3v) is 4.34. The van der Waals surface area contributed by atoms with Crippen LogP contribution in [0.5, 0.6) is 0 Å². The Labute approximate surface area is 86.0 Å². The number of rotatable bonds is 1. The Balaban J connectivity index is 2.32. The van der Waals surface area contributed by atoms with Gasteiger partial charge in [0.05, 0.1) is 6.42 Å². The lowest BCUT2D eigenvalue weighted by Gasteiger charge is -2.28. The van der Waals surface area contributed by atoms with Crippen molar-refractivity contribution in [2.24, 2.45) is 16.7 Å². The van der Waals surface area contributed by atoms with Crippen molar-refractivity contribution in [2.45, 2.75) is 53.1 Å². The molecule has 0 aromatic heterocycles. The Morgan fingerprint density at radius 2 is 2.07 bits per heavy atom. The first-order valence-corrected chi connectivity index (χ1v) is 5.58. The standard InChI is InChI=1S/C12H20O2/c1-5-12(4)7-11(2,3)10-8(12)6-9(13)14-10/h8,10H,5-7H2,1-4H3/t8-,10+,12+/m0/s1. The minimum atomic E-state index is 0.00690. The predicted octanol–water partition coefficient (Wildman–Crippen LogP) is 2.76. The molecule has 2 heteroatoms. The molecule has 1 aliphatic carbocycles. The van der Waals surface area contributed by atoms with Crippen LogP contribution in [0.15, 0.2) is 0 Å². The summed E-state index contributed by atoms with van der Waals surface area (Å²) in [7, 11) is 0. The molecule has 0 radical (unpaired) electrons. The number of carbonyl (C=O) groups excluding carboxylic acids is 1. The highest BCUT2D eigenvalue weighted by Crippen LogP contribution is 2.59. The van der Waals surface area contributed by atoms with Crippen molar-refractivity contribution < 1.29 is 9.53 Å². The zero-order chi connectivity index (χ0) is 10.6. The molecular formula is C12H20O2. The van der Waals surface area contributed by atoms with Crippen LogP contribution in [-0.2, 0) is 9.53 Å². The van der Waals surface area contributed by atoms with Crippen molar-refractivity contribution >= 4 is 5.97 Å². The summed E-state index contributed by atoms with van der Waals surface area (Å²) >= 11 is 0. The Kier molecular flexibility index (Phi) is 1.96. The van der Waals surface area contributed by atoms with Crippen LogP contribution in [0.25, 0.3) is 0 Å². The first kappa shape index (κ1) is 10.0. The molecule has 0 unspecified atom stereocenters. The molecule has 2 aliphatic rings. The summed E-state index contributed by atoms with van der Waals surface area (Å²) in [6, 6.07) is 0. The van der Waals surface area contributed by atoms with Crippen LogP contribution in [0.1, 0.15) is 47.0 Å². The van der Waals surface area contributed by atoms with Crippen molar-refractivity contribution in [3.8, 4) is 0 Å². The summed E-state index contributed by atoms with van der Waals surface area (Å²) in [6.45, 7) is 8.98. The number of hydrogen-bond acceptors (Lipinski definition) is 2. The molecule has 0 bridgehead atoms. The van der Waals surface area contributed by atoms with Gasteiger partial charge in [-0.1, -0.05) is 34.1 Å². The van der Waals surface area contributed by atoms with Crippen molar-refractivity contribution in [3.63, 3.8) is 0 Å². The van der Waals surface area contributed by atoms with Crippen LogP contribution in [0.4, 0.5) is 0 Å². The molecule has 14 heavy (non-hydrogen) atoms. The molecule has 0 aromatic carbocycles. The van der Waals surface area contributed by atoms with Gasteiger partial charge in [-0.05, 0) is 11.8 Å². The fourth-order valence-corrected chi connectivity index (χ4v) is 3.53. The smallest absolute Gasteiger partial charge is 0.306 e. The Bertz CT molecular complexity index is 269. The summed E-state index contributed by atoms with van der Waals surface area (Å²) < 4.78 is 5.46. The minimum absolute atomic E-state index is 0.00690. The van der Waals surface area contributed by atoms with Crippen LogP contribution in [0, 0.1) is 16.7 Å². The Morgan fingerprint density at radius 1 is 1.43 bits per heavy atom. The van der Waals surface area contributed by atoms with Crippen LogP contribution >= 0.6 is 0 Å². The normalized spacial score (nSPS) is 45.0. The van der Waals surface area contributed by atoms with Gasteiger partial charge in [0.2, 0.25) is 0 Å². The molecule has 1 saturated carbocycles. The highest BCUT2D eigenvalue weighted by Gasteiger charge is 2.59. The highest BCUT2D eigenvalue weighted by atomic mass is 16.6. The summed E-state index contributed by atoms with van der Waals surface area (Å²) in [4.78, 5) is 11.3. The van der Waals surface area contributed by atoms with E-state index in [1.54, 1.807) is 0 Å². The van der Waals surface area contributed by atoms with Gasteiger partial charge in [-0.25, -0.2) is 0 Å². The van der Waals surface area contributed by atoms with E-state index in [9.17, 15) is 4.79 Å². The zero-order valence-corrected chi connectivity index (χ0v) is 9.59. The third-order valence-electron chi connectivity index (χ3n) is 4.34. The molecule has 0 amide bonds. The molecule has 2 rings (SSSR count). The number of carbonyl (C=O) groups is 1. The van der Waals surface area contributed by atoms with Gasteiger partial charge in [-0.15, -0.1) is 0 Å². The fourth-order valence-electron chi connectivity index (χ4n) is 3.53. The monoisotopic (exact) mass is 196 g/mol. The predicted molar refractivity (Wildman–Crippen MR) is 54.8 cm³/mol. The molecule has 2 fully saturated rings. The van der Waals surface area contributed by atoms with E-state index < -0.39 is 0 Å². The number of fused-ring (bicyclic) bond motifs is 1. The first-order chi connectivity index (χ1) is 6.39. The van der Waals surface area contributed by atoms with Gasteiger partial charge in [0.1, 0.15) is 6.10 Å². The number of hydrogen-bond donors (Lipinski definition) is 0. The largest absolute Gasteiger partial charge is 0.461 e. The van der Waals surface area contributed by atoms with Gasteiger partial charge in [-0.2, -0.15) is 0 Å². The lowest BCUT2D eigenvalue weighted by molar-refractivity contribution is -0.145. The molecular weight excluding hydrogens is 176 g/mol. The maximum Gasteiger partial charge on any atom is 0.306 e. The van der Waals surface area contributed by atoms with Gasteiger partial charge in [0.25, 0.3) is 0 Å². The topological polar surface area (TPSA) is 26.3 Å². The van der Waals surface area contributed by atoms with E-state index in [4.69, 9.17) is 4.74 Å². The van der Waals surface area contributed by atoms with Crippen LogP contribution in [0.2, 0.25) is 0 Å². The highest BCUT2D eigenvalue weighted by molar-refractivity contribution is 5.72. The summed E-state index contributed by atoms with van der Waals surface area (Å²) in [5, 5.41) is 0. The number of esters is 1. The van der Waals surface area contributed by atoms with E-state index in [1.165, 1.54) is 6.42 Å². The van der Waals surface area contributed by atoms with E-state index >= 15 is 0 Å². The second-order valence-electron chi connectivity index (χ2n) is 5.89. The van der Waals surface area contributed by atoms with Crippen LogP contribution in [-0.4, -0.2) is 12.1 Å². The molecule has 1 saturated heterocycles. The maximum atomic E-state index is 11.3. The Morgan fingerprint density at radius 3 is 2.64 bits per heavy atom. The second kappa shape index (κ2) is 2.74. The SMILES string of the molecule is CC[C@]1(C)CC(C)(C)[C@@H]2OC(=O)C[C@@H]21. The van der Waals surface area contributed by atoms with Gasteiger partial charge >= 0.3 is 5.97 Å².